The highest BCUT2D eigenvalue weighted by molar-refractivity contribution is 5.30. The van der Waals surface area contributed by atoms with Crippen LogP contribution in [0.5, 0.6) is 5.75 Å². The SMILES string of the molecule is CC(C)Oc1ccc([C@H](C2CC2)N2CCNCC2)cc1. The van der Waals surface area contributed by atoms with Crippen molar-refractivity contribution in [3.8, 4) is 5.75 Å². The zero-order chi connectivity index (χ0) is 13.9. The van der Waals surface area contributed by atoms with Crippen LogP contribution in [0.2, 0.25) is 0 Å². The Morgan fingerprint density at radius 3 is 2.30 bits per heavy atom. The molecule has 1 aromatic carbocycles. The zero-order valence-corrected chi connectivity index (χ0v) is 12.6. The molecule has 3 rings (SSSR count). The lowest BCUT2D eigenvalue weighted by Crippen LogP contribution is -2.45. The maximum Gasteiger partial charge on any atom is 0.119 e. The minimum Gasteiger partial charge on any atom is -0.491 e. The van der Waals surface area contributed by atoms with E-state index in [1.54, 1.807) is 0 Å². The van der Waals surface area contributed by atoms with E-state index in [0.717, 1.165) is 24.8 Å². The van der Waals surface area contributed by atoms with Gasteiger partial charge in [-0.05, 0) is 50.3 Å². The summed E-state index contributed by atoms with van der Waals surface area (Å²) in [7, 11) is 0. The largest absolute Gasteiger partial charge is 0.491 e. The molecule has 0 aromatic heterocycles. The monoisotopic (exact) mass is 274 g/mol. The zero-order valence-electron chi connectivity index (χ0n) is 12.6. The normalized spacial score (nSPS) is 21.9. The van der Waals surface area contributed by atoms with Crippen molar-refractivity contribution in [2.75, 3.05) is 26.2 Å². The van der Waals surface area contributed by atoms with Gasteiger partial charge in [-0.15, -0.1) is 0 Å². The Kier molecular flexibility index (Phi) is 4.27. The number of rotatable bonds is 5. The third kappa shape index (κ3) is 3.33. The molecule has 1 heterocycles. The molecular formula is C17H26N2O. The predicted octanol–water partition coefficient (Wildman–Crippen LogP) is 2.83. The van der Waals surface area contributed by atoms with E-state index in [4.69, 9.17) is 4.74 Å². The summed E-state index contributed by atoms with van der Waals surface area (Å²) in [4.78, 5) is 2.66. The summed E-state index contributed by atoms with van der Waals surface area (Å²) in [6.45, 7) is 8.73. The first-order valence-electron chi connectivity index (χ1n) is 7.95. The molecule has 1 saturated heterocycles. The van der Waals surface area contributed by atoms with Crippen LogP contribution in [0.4, 0.5) is 0 Å². The number of benzene rings is 1. The average molecular weight is 274 g/mol. The summed E-state index contributed by atoms with van der Waals surface area (Å²) in [5.74, 6) is 1.85. The van der Waals surface area contributed by atoms with E-state index in [1.165, 1.54) is 31.5 Å². The second kappa shape index (κ2) is 6.15. The van der Waals surface area contributed by atoms with Gasteiger partial charge in [0.1, 0.15) is 5.75 Å². The molecule has 110 valence electrons. The van der Waals surface area contributed by atoms with Gasteiger partial charge in [-0.1, -0.05) is 12.1 Å². The number of piperazine rings is 1. The Morgan fingerprint density at radius 1 is 1.10 bits per heavy atom. The van der Waals surface area contributed by atoms with E-state index >= 15 is 0 Å². The van der Waals surface area contributed by atoms with E-state index in [-0.39, 0.29) is 6.10 Å². The van der Waals surface area contributed by atoms with E-state index in [9.17, 15) is 0 Å². The maximum absolute atomic E-state index is 5.75. The molecule has 1 N–H and O–H groups in total. The second-order valence-electron chi connectivity index (χ2n) is 6.30. The van der Waals surface area contributed by atoms with Crippen LogP contribution in [0, 0.1) is 5.92 Å². The topological polar surface area (TPSA) is 24.5 Å². The molecule has 0 spiro atoms. The van der Waals surface area contributed by atoms with E-state index in [2.05, 4.69) is 48.3 Å². The molecule has 20 heavy (non-hydrogen) atoms. The van der Waals surface area contributed by atoms with Crippen molar-refractivity contribution < 1.29 is 4.74 Å². The number of hydrogen-bond donors (Lipinski definition) is 1. The van der Waals surface area contributed by atoms with Crippen LogP contribution in [0.15, 0.2) is 24.3 Å². The van der Waals surface area contributed by atoms with Crippen molar-refractivity contribution in [1.29, 1.82) is 0 Å². The fraction of sp³-hybridized carbons (Fsp3) is 0.647. The highest BCUT2D eigenvalue weighted by Crippen LogP contribution is 2.44. The van der Waals surface area contributed by atoms with Gasteiger partial charge in [0, 0.05) is 32.2 Å². The number of hydrogen-bond acceptors (Lipinski definition) is 3. The Balaban J connectivity index is 1.73. The molecule has 0 radical (unpaired) electrons. The minimum atomic E-state index is 0.244. The van der Waals surface area contributed by atoms with Gasteiger partial charge in [0.2, 0.25) is 0 Å². The molecule has 3 nitrogen and oxygen atoms in total. The van der Waals surface area contributed by atoms with Crippen molar-refractivity contribution >= 4 is 0 Å². The summed E-state index contributed by atoms with van der Waals surface area (Å²) in [5.41, 5.74) is 1.46. The van der Waals surface area contributed by atoms with Gasteiger partial charge in [0.25, 0.3) is 0 Å². The van der Waals surface area contributed by atoms with Gasteiger partial charge >= 0.3 is 0 Å². The van der Waals surface area contributed by atoms with Crippen LogP contribution in [0.3, 0.4) is 0 Å². The van der Waals surface area contributed by atoms with Crippen LogP contribution < -0.4 is 10.1 Å². The van der Waals surface area contributed by atoms with Crippen LogP contribution in [0.1, 0.15) is 38.3 Å². The molecule has 1 saturated carbocycles. The molecule has 2 fully saturated rings. The molecule has 0 bridgehead atoms. The van der Waals surface area contributed by atoms with Crippen molar-refractivity contribution in [2.45, 2.75) is 38.8 Å². The Bertz CT molecular complexity index is 419. The molecule has 0 unspecified atom stereocenters. The third-order valence-corrected chi connectivity index (χ3v) is 4.21. The van der Waals surface area contributed by atoms with Crippen molar-refractivity contribution in [2.24, 2.45) is 5.92 Å². The van der Waals surface area contributed by atoms with E-state index in [0.29, 0.717) is 6.04 Å². The smallest absolute Gasteiger partial charge is 0.119 e. The summed E-state index contributed by atoms with van der Waals surface area (Å²) < 4.78 is 5.75. The number of ether oxygens (including phenoxy) is 1. The number of nitrogens with zero attached hydrogens (tertiary/aromatic N) is 1. The lowest BCUT2D eigenvalue weighted by Gasteiger charge is -2.35. The van der Waals surface area contributed by atoms with Crippen LogP contribution in [-0.4, -0.2) is 37.2 Å². The Morgan fingerprint density at radius 2 is 1.75 bits per heavy atom. The first-order valence-corrected chi connectivity index (χ1v) is 7.95. The molecular weight excluding hydrogens is 248 g/mol. The summed E-state index contributed by atoms with van der Waals surface area (Å²) in [6, 6.07) is 9.41. The van der Waals surface area contributed by atoms with Crippen LogP contribution in [0.25, 0.3) is 0 Å². The Labute approximate surface area is 122 Å². The summed E-state index contributed by atoms with van der Waals surface area (Å²) in [6.07, 6.45) is 3.02. The molecule has 1 atom stereocenters. The highest BCUT2D eigenvalue weighted by atomic mass is 16.5. The van der Waals surface area contributed by atoms with Crippen molar-refractivity contribution in [1.82, 2.24) is 10.2 Å². The van der Waals surface area contributed by atoms with Gasteiger partial charge in [-0.3, -0.25) is 4.90 Å². The van der Waals surface area contributed by atoms with Crippen molar-refractivity contribution in [3.63, 3.8) is 0 Å². The molecule has 1 aliphatic heterocycles. The Hall–Kier alpha value is -1.06. The fourth-order valence-corrected chi connectivity index (χ4v) is 3.17. The molecule has 1 aliphatic carbocycles. The first kappa shape index (κ1) is 13.9. The van der Waals surface area contributed by atoms with Gasteiger partial charge in [-0.25, -0.2) is 0 Å². The maximum atomic E-state index is 5.75. The standard InChI is InChI=1S/C17H26N2O/c1-13(2)20-16-7-5-15(6-8-16)17(14-3-4-14)19-11-9-18-10-12-19/h5-8,13-14,17-18H,3-4,9-12H2,1-2H3/t17-/m0/s1. The van der Waals surface area contributed by atoms with E-state index in [1.807, 2.05) is 0 Å². The van der Waals surface area contributed by atoms with Gasteiger partial charge < -0.3 is 10.1 Å². The van der Waals surface area contributed by atoms with E-state index < -0.39 is 0 Å². The van der Waals surface area contributed by atoms with Crippen LogP contribution in [-0.2, 0) is 0 Å². The van der Waals surface area contributed by atoms with Crippen LogP contribution >= 0.6 is 0 Å². The second-order valence-corrected chi connectivity index (χ2v) is 6.30. The van der Waals surface area contributed by atoms with Gasteiger partial charge in [0.05, 0.1) is 6.10 Å². The molecule has 1 aromatic rings. The third-order valence-electron chi connectivity index (χ3n) is 4.21. The average Bonchev–Trinajstić information content (AvgIpc) is 3.26. The van der Waals surface area contributed by atoms with Crippen molar-refractivity contribution in [3.05, 3.63) is 29.8 Å². The van der Waals surface area contributed by atoms with Gasteiger partial charge in [-0.2, -0.15) is 0 Å². The highest BCUT2D eigenvalue weighted by Gasteiger charge is 2.36. The lowest BCUT2D eigenvalue weighted by molar-refractivity contribution is 0.156. The fourth-order valence-electron chi connectivity index (χ4n) is 3.17. The minimum absolute atomic E-state index is 0.244. The molecule has 0 amide bonds. The lowest BCUT2D eigenvalue weighted by atomic mass is 9.99. The summed E-state index contributed by atoms with van der Waals surface area (Å²) in [5, 5.41) is 3.45. The number of nitrogens with one attached hydrogen (secondary N) is 1. The van der Waals surface area contributed by atoms with Gasteiger partial charge in [0.15, 0.2) is 0 Å². The quantitative estimate of drug-likeness (QED) is 0.893. The summed E-state index contributed by atoms with van der Waals surface area (Å²) >= 11 is 0. The predicted molar refractivity (Wildman–Crippen MR) is 82.1 cm³/mol. The molecule has 3 heteroatoms. The first-order chi connectivity index (χ1) is 9.74. The molecule has 2 aliphatic rings.